The van der Waals surface area contributed by atoms with Gasteiger partial charge in [0.05, 0.1) is 12.2 Å². The van der Waals surface area contributed by atoms with E-state index in [0.29, 0.717) is 32.1 Å². The number of carboxylic acids is 1. The summed E-state index contributed by atoms with van der Waals surface area (Å²) in [4.78, 5) is 22.2. The molecule has 0 aliphatic heterocycles. The standard InChI is InChI=1S/C20H32O5/c1-2-3-6-9-15(21)12-13-17-16(18(22)14-19(17)23)10-7-4-5-8-11-20(24)25/h4,7,12-13,16-19,22-23H,2-3,5-6,8-11,14H2,1H3,(H,24,25)/p-1/b7-4-,13-12+/t16-,17-,18+,19-/m1/s1. The predicted octanol–water partition coefficient (Wildman–Crippen LogP) is 1.92. The van der Waals surface area contributed by atoms with E-state index < -0.39 is 18.2 Å². The number of carboxylic acid groups (broad SMARTS) is 1. The molecule has 5 nitrogen and oxygen atoms in total. The lowest BCUT2D eigenvalue weighted by Crippen LogP contribution is -2.21. The van der Waals surface area contributed by atoms with Crippen LogP contribution in [0.1, 0.15) is 64.7 Å². The first-order chi connectivity index (χ1) is 12.0. The van der Waals surface area contributed by atoms with Crippen LogP contribution in [-0.2, 0) is 9.59 Å². The molecule has 25 heavy (non-hydrogen) atoms. The van der Waals surface area contributed by atoms with Gasteiger partial charge in [0.15, 0.2) is 5.78 Å². The maximum absolute atomic E-state index is 11.9. The lowest BCUT2D eigenvalue weighted by Gasteiger charge is -2.19. The third-order valence-corrected chi connectivity index (χ3v) is 4.77. The Kier molecular flexibility index (Phi) is 10.3. The predicted molar refractivity (Wildman–Crippen MR) is 94.5 cm³/mol. The molecule has 142 valence electrons. The zero-order valence-corrected chi connectivity index (χ0v) is 15.1. The summed E-state index contributed by atoms with van der Waals surface area (Å²) < 4.78 is 0. The van der Waals surface area contributed by atoms with E-state index in [1.807, 2.05) is 12.2 Å². The highest BCUT2D eigenvalue weighted by molar-refractivity contribution is 5.89. The molecule has 0 bridgehead atoms. The first-order valence-electron chi connectivity index (χ1n) is 9.37. The molecule has 0 amide bonds. The van der Waals surface area contributed by atoms with E-state index in [0.717, 1.165) is 19.3 Å². The van der Waals surface area contributed by atoms with Crippen molar-refractivity contribution in [2.75, 3.05) is 0 Å². The monoisotopic (exact) mass is 351 g/mol. The van der Waals surface area contributed by atoms with Gasteiger partial charge in [0.2, 0.25) is 0 Å². The Labute approximate surface area is 150 Å². The number of rotatable bonds is 12. The van der Waals surface area contributed by atoms with Crippen LogP contribution in [0.5, 0.6) is 0 Å². The van der Waals surface area contributed by atoms with Gasteiger partial charge in [0, 0.05) is 24.7 Å². The van der Waals surface area contributed by atoms with E-state index >= 15 is 0 Å². The maximum atomic E-state index is 11.9. The summed E-state index contributed by atoms with van der Waals surface area (Å²) in [7, 11) is 0. The quantitative estimate of drug-likeness (QED) is 0.318. The van der Waals surface area contributed by atoms with Crippen molar-refractivity contribution in [1.82, 2.24) is 0 Å². The molecule has 0 heterocycles. The van der Waals surface area contributed by atoms with Crippen molar-refractivity contribution in [3.63, 3.8) is 0 Å². The van der Waals surface area contributed by atoms with Gasteiger partial charge in [-0.15, -0.1) is 0 Å². The Morgan fingerprint density at radius 3 is 2.52 bits per heavy atom. The Hall–Kier alpha value is -1.46. The summed E-state index contributed by atoms with van der Waals surface area (Å²) in [5.41, 5.74) is 0. The van der Waals surface area contributed by atoms with Crippen molar-refractivity contribution in [3.8, 4) is 0 Å². The van der Waals surface area contributed by atoms with Crippen molar-refractivity contribution in [2.24, 2.45) is 11.8 Å². The summed E-state index contributed by atoms with van der Waals surface area (Å²) in [6, 6.07) is 0. The maximum Gasteiger partial charge on any atom is 0.155 e. The number of carbonyl (C=O) groups excluding carboxylic acids is 2. The molecular weight excluding hydrogens is 320 g/mol. The molecule has 1 rings (SSSR count). The summed E-state index contributed by atoms with van der Waals surface area (Å²) in [6.07, 6.45) is 11.6. The SMILES string of the molecule is CCCCCC(=O)/C=C/[C@@H]1[C@@H](C/C=C\CCCC(=O)[O-])[C@@H](O)C[C@H]1O. The molecule has 0 aromatic rings. The third kappa shape index (κ3) is 8.45. The number of allylic oxidation sites excluding steroid dienone is 3. The smallest absolute Gasteiger partial charge is 0.155 e. The number of aliphatic carboxylic acids is 1. The number of aliphatic hydroxyl groups excluding tert-OH is 2. The lowest BCUT2D eigenvalue weighted by molar-refractivity contribution is -0.305. The number of carbonyl (C=O) groups is 2. The fraction of sp³-hybridized carbons (Fsp3) is 0.700. The van der Waals surface area contributed by atoms with Crippen LogP contribution in [0.4, 0.5) is 0 Å². The van der Waals surface area contributed by atoms with Crippen LogP contribution in [0, 0.1) is 11.8 Å². The van der Waals surface area contributed by atoms with Gasteiger partial charge in [0.25, 0.3) is 0 Å². The van der Waals surface area contributed by atoms with E-state index in [1.54, 1.807) is 12.2 Å². The van der Waals surface area contributed by atoms with Crippen LogP contribution in [0.3, 0.4) is 0 Å². The molecule has 1 aliphatic rings. The number of unbranched alkanes of at least 4 members (excludes halogenated alkanes) is 3. The second-order valence-corrected chi connectivity index (χ2v) is 6.87. The zero-order valence-electron chi connectivity index (χ0n) is 15.1. The third-order valence-electron chi connectivity index (χ3n) is 4.77. The number of aliphatic hydroxyl groups is 2. The summed E-state index contributed by atoms with van der Waals surface area (Å²) in [5.74, 6) is -1.32. The minimum atomic E-state index is -1.04. The molecule has 2 N–H and O–H groups in total. The second kappa shape index (κ2) is 12.0. The summed E-state index contributed by atoms with van der Waals surface area (Å²) in [5, 5.41) is 30.6. The Morgan fingerprint density at radius 2 is 1.84 bits per heavy atom. The van der Waals surface area contributed by atoms with Crippen LogP contribution in [0.15, 0.2) is 24.3 Å². The van der Waals surface area contributed by atoms with Gasteiger partial charge in [-0.25, -0.2) is 0 Å². The minimum absolute atomic E-state index is 0.0423. The summed E-state index contributed by atoms with van der Waals surface area (Å²) >= 11 is 0. The average Bonchev–Trinajstić information content (AvgIpc) is 2.82. The molecule has 0 spiro atoms. The van der Waals surface area contributed by atoms with Crippen molar-refractivity contribution in [3.05, 3.63) is 24.3 Å². The van der Waals surface area contributed by atoms with Crippen LogP contribution < -0.4 is 5.11 Å². The Morgan fingerprint density at radius 1 is 1.08 bits per heavy atom. The van der Waals surface area contributed by atoms with Gasteiger partial charge in [-0.05, 0) is 44.1 Å². The van der Waals surface area contributed by atoms with Gasteiger partial charge in [-0.1, -0.05) is 38.0 Å². The minimum Gasteiger partial charge on any atom is -0.550 e. The van der Waals surface area contributed by atoms with E-state index in [4.69, 9.17) is 0 Å². The lowest BCUT2D eigenvalue weighted by atomic mass is 9.89. The van der Waals surface area contributed by atoms with Crippen LogP contribution in [-0.4, -0.2) is 34.2 Å². The molecule has 0 aromatic carbocycles. The van der Waals surface area contributed by atoms with Gasteiger partial charge < -0.3 is 20.1 Å². The zero-order chi connectivity index (χ0) is 18.7. The molecular formula is C20H31O5-. The van der Waals surface area contributed by atoms with Crippen LogP contribution in [0.25, 0.3) is 0 Å². The number of hydrogen-bond acceptors (Lipinski definition) is 5. The molecule has 1 aliphatic carbocycles. The molecule has 0 saturated heterocycles. The fourth-order valence-corrected chi connectivity index (χ4v) is 3.29. The van der Waals surface area contributed by atoms with Crippen LogP contribution >= 0.6 is 0 Å². The average molecular weight is 351 g/mol. The van der Waals surface area contributed by atoms with Gasteiger partial charge in [0.1, 0.15) is 0 Å². The highest BCUT2D eigenvalue weighted by atomic mass is 16.4. The number of hydrogen-bond donors (Lipinski definition) is 2. The molecule has 0 unspecified atom stereocenters. The number of ketones is 1. The van der Waals surface area contributed by atoms with Crippen molar-refractivity contribution in [1.29, 1.82) is 0 Å². The molecule has 5 heteroatoms. The highest BCUT2D eigenvalue weighted by Gasteiger charge is 2.39. The van der Waals surface area contributed by atoms with E-state index in [-0.39, 0.29) is 24.0 Å². The molecule has 0 radical (unpaired) electrons. The summed E-state index contributed by atoms with van der Waals surface area (Å²) in [6.45, 7) is 2.09. The molecule has 1 fully saturated rings. The van der Waals surface area contributed by atoms with Crippen molar-refractivity contribution < 1.29 is 24.9 Å². The van der Waals surface area contributed by atoms with E-state index in [2.05, 4.69) is 6.92 Å². The first kappa shape index (κ1) is 21.6. The van der Waals surface area contributed by atoms with Gasteiger partial charge in [-0.3, -0.25) is 4.79 Å². The topological polar surface area (TPSA) is 97.7 Å². The Balaban J connectivity index is 2.48. The van der Waals surface area contributed by atoms with E-state index in [9.17, 15) is 24.9 Å². The van der Waals surface area contributed by atoms with E-state index in [1.165, 1.54) is 0 Å². The van der Waals surface area contributed by atoms with Crippen LogP contribution in [0.2, 0.25) is 0 Å². The fourth-order valence-electron chi connectivity index (χ4n) is 3.29. The van der Waals surface area contributed by atoms with Crippen molar-refractivity contribution in [2.45, 2.75) is 76.9 Å². The Bertz CT molecular complexity index is 469. The first-order valence-corrected chi connectivity index (χ1v) is 9.37. The normalized spacial score (nSPS) is 26.7. The highest BCUT2D eigenvalue weighted by Crippen LogP contribution is 2.36. The van der Waals surface area contributed by atoms with Gasteiger partial charge >= 0.3 is 0 Å². The molecule has 0 aromatic heterocycles. The molecule has 4 atom stereocenters. The van der Waals surface area contributed by atoms with Gasteiger partial charge in [-0.2, -0.15) is 0 Å². The van der Waals surface area contributed by atoms with Crippen molar-refractivity contribution >= 4 is 11.8 Å². The molecule has 1 saturated carbocycles. The second-order valence-electron chi connectivity index (χ2n) is 6.87. The largest absolute Gasteiger partial charge is 0.550 e.